The molecule has 1 aliphatic rings. The minimum absolute atomic E-state index is 0.00102. The second-order valence-electron chi connectivity index (χ2n) is 5.86. The van der Waals surface area contributed by atoms with Crippen molar-refractivity contribution in [2.75, 3.05) is 33.7 Å². The molecular formula is C15H25N3O2S. The normalized spacial score (nSPS) is 21.6. The molecule has 1 aromatic rings. The van der Waals surface area contributed by atoms with E-state index in [0.717, 1.165) is 24.2 Å². The molecule has 0 bridgehead atoms. The van der Waals surface area contributed by atoms with Crippen LogP contribution in [0, 0.1) is 6.92 Å². The summed E-state index contributed by atoms with van der Waals surface area (Å²) in [7, 11) is 0.457. The van der Waals surface area contributed by atoms with Crippen molar-refractivity contribution < 1.29 is 8.42 Å². The number of likely N-dealkylation sites (N-methyl/N-ethyl adjacent to an activating group) is 1. The maximum Gasteiger partial charge on any atom is 0.243 e. The lowest BCUT2D eigenvalue weighted by Gasteiger charge is -2.37. The third-order valence-corrected chi connectivity index (χ3v) is 6.15. The van der Waals surface area contributed by atoms with Crippen molar-refractivity contribution in [3.8, 4) is 0 Å². The van der Waals surface area contributed by atoms with Crippen molar-refractivity contribution in [3.63, 3.8) is 0 Å². The molecule has 0 radical (unpaired) electrons. The van der Waals surface area contributed by atoms with Crippen molar-refractivity contribution in [3.05, 3.63) is 29.3 Å². The van der Waals surface area contributed by atoms with Gasteiger partial charge in [-0.25, -0.2) is 8.42 Å². The van der Waals surface area contributed by atoms with E-state index in [-0.39, 0.29) is 6.04 Å². The first-order valence-electron chi connectivity index (χ1n) is 7.30. The molecule has 0 amide bonds. The van der Waals surface area contributed by atoms with Crippen LogP contribution in [-0.4, -0.2) is 57.4 Å². The fourth-order valence-corrected chi connectivity index (χ4v) is 4.73. The predicted octanol–water partition coefficient (Wildman–Crippen LogP) is 1.04. The molecule has 6 heteroatoms. The number of benzene rings is 1. The van der Waals surface area contributed by atoms with Crippen LogP contribution >= 0.6 is 0 Å². The summed E-state index contributed by atoms with van der Waals surface area (Å²) in [6.45, 7) is 6.60. The summed E-state index contributed by atoms with van der Waals surface area (Å²) in [5.41, 5.74) is 1.80. The molecule has 1 aliphatic heterocycles. The first kappa shape index (κ1) is 16.4. The van der Waals surface area contributed by atoms with E-state index in [2.05, 4.69) is 10.2 Å². The zero-order chi connectivity index (χ0) is 15.6. The summed E-state index contributed by atoms with van der Waals surface area (Å²) in [6, 6.07) is 5.66. The molecule has 1 fully saturated rings. The van der Waals surface area contributed by atoms with E-state index in [1.807, 2.05) is 40.1 Å². The maximum atomic E-state index is 13.0. The van der Waals surface area contributed by atoms with Gasteiger partial charge >= 0.3 is 0 Å². The van der Waals surface area contributed by atoms with Gasteiger partial charge in [-0.1, -0.05) is 12.1 Å². The number of nitrogens with one attached hydrogen (secondary N) is 1. The molecule has 0 saturated carbocycles. The van der Waals surface area contributed by atoms with E-state index in [4.69, 9.17) is 0 Å². The van der Waals surface area contributed by atoms with Crippen molar-refractivity contribution in [2.45, 2.75) is 31.3 Å². The minimum atomic E-state index is -3.43. The number of aryl methyl sites for hydroxylation is 1. The SMILES string of the molecule is CNCc1ccc(C)c(S(=O)(=O)N2CCN(C)CC2C)c1. The second kappa shape index (κ2) is 6.44. The van der Waals surface area contributed by atoms with Gasteiger partial charge in [-0.05, 0) is 45.1 Å². The quantitative estimate of drug-likeness (QED) is 0.903. The Morgan fingerprint density at radius 1 is 1.33 bits per heavy atom. The van der Waals surface area contributed by atoms with Crippen LogP contribution in [0.15, 0.2) is 23.1 Å². The van der Waals surface area contributed by atoms with Gasteiger partial charge in [-0.3, -0.25) is 0 Å². The highest BCUT2D eigenvalue weighted by Crippen LogP contribution is 2.24. The number of hydrogen-bond acceptors (Lipinski definition) is 4. The van der Waals surface area contributed by atoms with Crippen LogP contribution in [0.1, 0.15) is 18.1 Å². The number of sulfonamides is 1. The Morgan fingerprint density at radius 2 is 2.05 bits per heavy atom. The van der Waals surface area contributed by atoms with Crippen molar-refractivity contribution in [1.82, 2.24) is 14.5 Å². The van der Waals surface area contributed by atoms with Crippen LogP contribution in [0.3, 0.4) is 0 Å². The second-order valence-corrected chi connectivity index (χ2v) is 7.72. The summed E-state index contributed by atoms with van der Waals surface area (Å²) in [5.74, 6) is 0. The highest BCUT2D eigenvalue weighted by molar-refractivity contribution is 7.89. The van der Waals surface area contributed by atoms with E-state index in [9.17, 15) is 8.42 Å². The average Bonchev–Trinajstić information content (AvgIpc) is 2.40. The molecule has 1 unspecified atom stereocenters. The van der Waals surface area contributed by atoms with Crippen molar-refractivity contribution >= 4 is 10.0 Å². The van der Waals surface area contributed by atoms with Crippen LogP contribution < -0.4 is 5.32 Å². The zero-order valence-electron chi connectivity index (χ0n) is 13.3. The van der Waals surface area contributed by atoms with Crippen LogP contribution in [0.4, 0.5) is 0 Å². The third-order valence-electron chi connectivity index (χ3n) is 3.99. The number of nitrogens with zero attached hydrogens (tertiary/aromatic N) is 2. The highest BCUT2D eigenvalue weighted by Gasteiger charge is 2.33. The van der Waals surface area contributed by atoms with E-state index in [1.165, 1.54) is 0 Å². The number of piperazine rings is 1. The fourth-order valence-electron chi connectivity index (χ4n) is 2.84. The summed E-state index contributed by atoms with van der Waals surface area (Å²) >= 11 is 0. The molecule has 21 heavy (non-hydrogen) atoms. The Kier molecular flexibility index (Phi) is 5.03. The Hall–Kier alpha value is -0.950. The molecule has 118 valence electrons. The van der Waals surface area contributed by atoms with Gasteiger partial charge in [0.25, 0.3) is 0 Å². The molecular weight excluding hydrogens is 286 g/mol. The van der Waals surface area contributed by atoms with E-state index >= 15 is 0 Å². The monoisotopic (exact) mass is 311 g/mol. The van der Waals surface area contributed by atoms with Gasteiger partial charge in [-0.2, -0.15) is 4.31 Å². The van der Waals surface area contributed by atoms with Crippen LogP contribution in [-0.2, 0) is 16.6 Å². The molecule has 0 aliphatic carbocycles. The largest absolute Gasteiger partial charge is 0.316 e. The average molecular weight is 311 g/mol. The van der Waals surface area contributed by atoms with Gasteiger partial charge in [0, 0.05) is 32.2 Å². The predicted molar refractivity (Wildman–Crippen MR) is 84.8 cm³/mol. The van der Waals surface area contributed by atoms with Crippen LogP contribution in [0.25, 0.3) is 0 Å². The smallest absolute Gasteiger partial charge is 0.243 e. The van der Waals surface area contributed by atoms with Gasteiger partial charge in [0.15, 0.2) is 0 Å². The molecule has 1 saturated heterocycles. The lowest BCUT2D eigenvalue weighted by molar-refractivity contribution is 0.170. The molecule has 1 heterocycles. The van der Waals surface area contributed by atoms with E-state index < -0.39 is 10.0 Å². The number of rotatable bonds is 4. The van der Waals surface area contributed by atoms with Gasteiger partial charge in [0.1, 0.15) is 0 Å². The molecule has 1 N–H and O–H groups in total. The highest BCUT2D eigenvalue weighted by atomic mass is 32.2. The molecule has 0 spiro atoms. The molecule has 1 atom stereocenters. The molecule has 1 aromatic carbocycles. The number of hydrogen-bond donors (Lipinski definition) is 1. The Bertz CT molecular complexity index is 601. The Balaban J connectivity index is 2.37. The lowest BCUT2D eigenvalue weighted by atomic mass is 10.1. The summed E-state index contributed by atoms with van der Waals surface area (Å²) < 4.78 is 27.6. The van der Waals surface area contributed by atoms with Crippen molar-refractivity contribution in [1.29, 1.82) is 0 Å². The van der Waals surface area contributed by atoms with Crippen molar-refractivity contribution in [2.24, 2.45) is 0 Å². The Morgan fingerprint density at radius 3 is 2.67 bits per heavy atom. The summed E-state index contributed by atoms with van der Waals surface area (Å²) in [5, 5.41) is 3.06. The van der Waals surface area contributed by atoms with Gasteiger partial charge in [-0.15, -0.1) is 0 Å². The summed E-state index contributed by atoms with van der Waals surface area (Å²) in [4.78, 5) is 2.60. The lowest BCUT2D eigenvalue weighted by Crippen LogP contribution is -2.52. The zero-order valence-corrected chi connectivity index (χ0v) is 14.1. The fraction of sp³-hybridized carbons (Fsp3) is 0.600. The first-order valence-corrected chi connectivity index (χ1v) is 8.74. The van der Waals surface area contributed by atoms with Gasteiger partial charge < -0.3 is 10.2 Å². The van der Waals surface area contributed by atoms with Gasteiger partial charge in [0.2, 0.25) is 10.0 Å². The third kappa shape index (κ3) is 3.45. The van der Waals surface area contributed by atoms with Crippen LogP contribution in [0.5, 0.6) is 0 Å². The molecule has 2 rings (SSSR count). The van der Waals surface area contributed by atoms with E-state index in [1.54, 1.807) is 10.4 Å². The van der Waals surface area contributed by atoms with Gasteiger partial charge in [0.05, 0.1) is 4.90 Å². The standard InChI is InChI=1S/C15H25N3O2S/c1-12-5-6-14(10-16-3)9-15(12)21(19,20)18-8-7-17(4)11-13(18)2/h5-6,9,13,16H,7-8,10-11H2,1-4H3. The molecule has 0 aromatic heterocycles. The van der Waals surface area contributed by atoms with Crippen LogP contribution in [0.2, 0.25) is 0 Å². The Labute approximate surface area is 128 Å². The molecule has 5 nitrogen and oxygen atoms in total. The maximum absolute atomic E-state index is 13.0. The minimum Gasteiger partial charge on any atom is -0.316 e. The first-order chi connectivity index (χ1) is 9.86. The summed E-state index contributed by atoms with van der Waals surface area (Å²) in [6.07, 6.45) is 0. The van der Waals surface area contributed by atoms with E-state index in [0.29, 0.717) is 18.0 Å². The topological polar surface area (TPSA) is 52.7 Å².